The van der Waals surface area contributed by atoms with E-state index in [9.17, 15) is 0 Å². The van der Waals surface area contributed by atoms with Gasteiger partial charge in [-0.05, 0) is 40.9 Å². The summed E-state index contributed by atoms with van der Waals surface area (Å²) < 4.78 is 0. The van der Waals surface area contributed by atoms with Crippen LogP contribution in [0.5, 0.6) is 0 Å². The first-order valence-electron chi connectivity index (χ1n) is 5.68. The quantitative estimate of drug-likeness (QED) is 0.782. The summed E-state index contributed by atoms with van der Waals surface area (Å²) in [4.78, 5) is 4.42. The van der Waals surface area contributed by atoms with E-state index in [-0.39, 0.29) is 0 Å². The number of nitrogens with one attached hydrogen (secondary N) is 1. The van der Waals surface area contributed by atoms with Gasteiger partial charge in [-0.3, -0.25) is 0 Å². The smallest absolute Gasteiger partial charge is 0.243 e. The summed E-state index contributed by atoms with van der Waals surface area (Å²) in [5, 5.41) is 15.7. The van der Waals surface area contributed by atoms with E-state index in [0.29, 0.717) is 5.95 Å². The predicted molar refractivity (Wildman–Crippen MR) is 73.7 cm³/mol. The van der Waals surface area contributed by atoms with Crippen molar-refractivity contribution in [3.8, 4) is 0 Å². The number of aromatic nitrogens is 3. The number of rotatable bonds is 3. The number of para-hydroxylation sites is 1. The predicted octanol–water partition coefficient (Wildman–Crippen LogP) is 3.01. The molecule has 18 heavy (non-hydrogen) atoms. The fourth-order valence-corrected chi connectivity index (χ4v) is 2.56. The molecule has 0 bridgehead atoms. The molecule has 2 aromatic heterocycles. The summed E-state index contributed by atoms with van der Waals surface area (Å²) >= 11 is 1.71. The van der Waals surface area contributed by atoms with Crippen molar-refractivity contribution in [2.45, 2.75) is 13.5 Å². The number of benzene rings is 1. The molecule has 0 aliphatic heterocycles. The Balaban J connectivity index is 1.81. The zero-order valence-electron chi connectivity index (χ0n) is 9.92. The SMILES string of the molecule is Cc1cscc1CNc1nnc2ccccc2n1. The third-order valence-electron chi connectivity index (χ3n) is 2.76. The van der Waals surface area contributed by atoms with E-state index in [4.69, 9.17) is 0 Å². The first kappa shape index (κ1) is 11.1. The van der Waals surface area contributed by atoms with E-state index in [0.717, 1.165) is 17.6 Å². The van der Waals surface area contributed by atoms with Crippen molar-refractivity contribution in [2.24, 2.45) is 0 Å². The molecule has 0 atom stereocenters. The molecule has 0 amide bonds. The van der Waals surface area contributed by atoms with Gasteiger partial charge >= 0.3 is 0 Å². The standard InChI is InChI=1S/C13H12N4S/c1-9-7-18-8-10(9)6-14-13-15-11-4-2-3-5-12(11)16-17-13/h2-5,7-8H,6H2,1H3,(H,14,15,17). The van der Waals surface area contributed by atoms with E-state index < -0.39 is 0 Å². The van der Waals surface area contributed by atoms with Crippen molar-refractivity contribution in [3.63, 3.8) is 0 Å². The van der Waals surface area contributed by atoms with Crippen molar-refractivity contribution in [2.75, 3.05) is 5.32 Å². The van der Waals surface area contributed by atoms with Gasteiger partial charge < -0.3 is 5.32 Å². The van der Waals surface area contributed by atoms with E-state index >= 15 is 0 Å². The number of thiophene rings is 1. The number of anilines is 1. The molecule has 1 N–H and O–H groups in total. The van der Waals surface area contributed by atoms with Gasteiger partial charge in [-0.25, -0.2) is 4.98 Å². The maximum atomic E-state index is 4.42. The van der Waals surface area contributed by atoms with Crippen LogP contribution in [0.15, 0.2) is 35.0 Å². The van der Waals surface area contributed by atoms with Crippen LogP contribution in [-0.4, -0.2) is 15.2 Å². The summed E-state index contributed by atoms with van der Waals surface area (Å²) in [5.41, 5.74) is 4.24. The molecular weight excluding hydrogens is 244 g/mol. The number of aryl methyl sites for hydroxylation is 1. The fraction of sp³-hybridized carbons (Fsp3) is 0.154. The van der Waals surface area contributed by atoms with Crippen molar-refractivity contribution < 1.29 is 0 Å². The van der Waals surface area contributed by atoms with Crippen molar-refractivity contribution in [1.29, 1.82) is 0 Å². The molecule has 0 saturated carbocycles. The number of nitrogens with zero attached hydrogens (tertiary/aromatic N) is 3. The molecular formula is C13H12N4S. The van der Waals surface area contributed by atoms with Gasteiger partial charge in [-0.1, -0.05) is 12.1 Å². The van der Waals surface area contributed by atoms with Crippen molar-refractivity contribution in [1.82, 2.24) is 15.2 Å². The lowest BCUT2D eigenvalue weighted by Crippen LogP contribution is -2.05. The zero-order valence-corrected chi connectivity index (χ0v) is 10.7. The molecule has 0 radical (unpaired) electrons. The lowest BCUT2D eigenvalue weighted by molar-refractivity contribution is 0.983. The first-order valence-corrected chi connectivity index (χ1v) is 6.62. The number of hydrogen-bond donors (Lipinski definition) is 1. The molecule has 3 aromatic rings. The van der Waals surface area contributed by atoms with Gasteiger partial charge in [0.05, 0.1) is 5.52 Å². The van der Waals surface area contributed by atoms with E-state index in [1.165, 1.54) is 11.1 Å². The second-order valence-corrected chi connectivity index (χ2v) is 4.80. The molecule has 0 saturated heterocycles. The van der Waals surface area contributed by atoms with Crippen LogP contribution >= 0.6 is 11.3 Å². The fourth-order valence-electron chi connectivity index (χ4n) is 1.70. The first-order chi connectivity index (χ1) is 8.83. The third-order valence-corrected chi connectivity index (χ3v) is 3.67. The molecule has 90 valence electrons. The summed E-state index contributed by atoms with van der Waals surface area (Å²) in [7, 11) is 0. The molecule has 5 heteroatoms. The summed E-state index contributed by atoms with van der Waals surface area (Å²) in [6.45, 7) is 2.84. The van der Waals surface area contributed by atoms with Crippen LogP contribution in [0.4, 0.5) is 5.95 Å². The molecule has 0 spiro atoms. The Hall–Kier alpha value is -2.01. The Morgan fingerprint density at radius 2 is 1.94 bits per heavy atom. The van der Waals surface area contributed by atoms with Crippen LogP contribution in [0.3, 0.4) is 0 Å². The minimum absolute atomic E-state index is 0.569. The second-order valence-electron chi connectivity index (χ2n) is 4.06. The molecule has 0 unspecified atom stereocenters. The molecule has 3 rings (SSSR count). The minimum Gasteiger partial charge on any atom is -0.349 e. The number of hydrogen-bond acceptors (Lipinski definition) is 5. The van der Waals surface area contributed by atoms with Crippen LogP contribution in [0.25, 0.3) is 11.0 Å². The maximum absolute atomic E-state index is 4.42. The topological polar surface area (TPSA) is 50.7 Å². The molecule has 0 aliphatic rings. The van der Waals surface area contributed by atoms with Gasteiger partial charge in [-0.2, -0.15) is 11.3 Å². The average Bonchev–Trinajstić information content (AvgIpc) is 2.82. The Kier molecular flexibility index (Phi) is 2.90. The normalized spacial score (nSPS) is 10.7. The lowest BCUT2D eigenvalue weighted by atomic mass is 10.2. The molecule has 4 nitrogen and oxygen atoms in total. The summed E-state index contributed by atoms with van der Waals surface area (Å²) in [6.07, 6.45) is 0. The highest BCUT2D eigenvalue weighted by Gasteiger charge is 2.02. The van der Waals surface area contributed by atoms with Crippen molar-refractivity contribution in [3.05, 3.63) is 46.2 Å². The van der Waals surface area contributed by atoms with Gasteiger partial charge in [0, 0.05) is 6.54 Å². The van der Waals surface area contributed by atoms with Crippen molar-refractivity contribution >= 4 is 28.3 Å². The average molecular weight is 256 g/mol. The van der Waals surface area contributed by atoms with Crippen LogP contribution in [0, 0.1) is 6.92 Å². The van der Waals surface area contributed by atoms with Gasteiger partial charge in [0.2, 0.25) is 5.95 Å². The van der Waals surface area contributed by atoms with Gasteiger partial charge in [-0.15, -0.1) is 10.2 Å². The molecule has 0 fully saturated rings. The maximum Gasteiger partial charge on any atom is 0.243 e. The van der Waals surface area contributed by atoms with E-state index in [1.54, 1.807) is 11.3 Å². The minimum atomic E-state index is 0.569. The monoisotopic (exact) mass is 256 g/mol. The van der Waals surface area contributed by atoms with Gasteiger partial charge in [0.15, 0.2) is 0 Å². The Morgan fingerprint density at radius 1 is 1.11 bits per heavy atom. The summed E-state index contributed by atoms with van der Waals surface area (Å²) in [5.74, 6) is 0.569. The number of fused-ring (bicyclic) bond motifs is 1. The highest BCUT2D eigenvalue weighted by atomic mass is 32.1. The lowest BCUT2D eigenvalue weighted by Gasteiger charge is -2.04. The van der Waals surface area contributed by atoms with Gasteiger partial charge in [0.25, 0.3) is 0 Å². The van der Waals surface area contributed by atoms with Crippen LogP contribution in [0.1, 0.15) is 11.1 Å². The van der Waals surface area contributed by atoms with Crippen LogP contribution in [-0.2, 0) is 6.54 Å². The van der Waals surface area contributed by atoms with E-state index in [1.807, 2.05) is 24.3 Å². The van der Waals surface area contributed by atoms with Crippen LogP contribution in [0.2, 0.25) is 0 Å². The van der Waals surface area contributed by atoms with Crippen LogP contribution < -0.4 is 5.32 Å². The molecule has 1 aromatic carbocycles. The second kappa shape index (κ2) is 4.70. The highest BCUT2D eigenvalue weighted by Crippen LogP contribution is 2.15. The molecule has 2 heterocycles. The van der Waals surface area contributed by atoms with E-state index in [2.05, 4.69) is 38.2 Å². The zero-order chi connectivity index (χ0) is 12.4. The van der Waals surface area contributed by atoms with Gasteiger partial charge in [0.1, 0.15) is 5.52 Å². The highest BCUT2D eigenvalue weighted by molar-refractivity contribution is 7.08. The Morgan fingerprint density at radius 3 is 2.72 bits per heavy atom. The largest absolute Gasteiger partial charge is 0.349 e. The summed E-state index contributed by atoms with van der Waals surface area (Å²) in [6, 6.07) is 7.72. The molecule has 0 aliphatic carbocycles. The Bertz CT molecular complexity index is 677. The third kappa shape index (κ3) is 2.17. The Labute approximate surface area is 109 Å².